The van der Waals surface area contributed by atoms with Crippen molar-refractivity contribution < 1.29 is 24.0 Å². The van der Waals surface area contributed by atoms with E-state index in [1.807, 2.05) is 6.07 Å². The van der Waals surface area contributed by atoms with E-state index in [1.54, 1.807) is 54.6 Å². The van der Waals surface area contributed by atoms with Crippen LogP contribution in [-0.4, -0.2) is 32.8 Å². The van der Waals surface area contributed by atoms with Crippen molar-refractivity contribution in [3.63, 3.8) is 0 Å². The fourth-order valence-electron chi connectivity index (χ4n) is 3.93. The molecule has 0 unspecified atom stereocenters. The molecule has 37 heavy (non-hydrogen) atoms. The number of carbonyl (C=O) groups is 2. The Balaban J connectivity index is 1.73. The first-order valence-corrected chi connectivity index (χ1v) is 11.9. The van der Waals surface area contributed by atoms with E-state index in [-0.39, 0.29) is 46.3 Å². The molecule has 0 aliphatic rings. The molecule has 0 radical (unpaired) electrons. The van der Waals surface area contributed by atoms with Gasteiger partial charge in [-0.05, 0) is 42.0 Å². The predicted octanol–water partition coefficient (Wildman–Crippen LogP) is 6.50. The Morgan fingerprint density at radius 1 is 0.973 bits per heavy atom. The van der Waals surface area contributed by atoms with Crippen LogP contribution in [0.1, 0.15) is 21.7 Å². The van der Waals surface area contributed by atoms with Crippen LogP contribution in [0, 0.1) is 10.1 Å². The van der Waals surface area contributed by atoms with Crippen LogP contribution in [0.5, 0.6) is 0 Å². The van der Waals surface area contributed by atoms with Crippen molar-refractivity contribution in [1.82, 2.24) is 4.90 Å². The van der Waals surface area contributed by atoms with Crippen molar-refractivity contribution in [2.24, 2.45) is 0 Å². The summed E-state index contributed by atoms with van der Waals surface area (Å²) in [6, 6.07) is 21.2. The number of hydrogen-bond acceptors (Lipinski definition) is 5. The van der Waals surface area contributed by atoms with Crippen LogP contribution in [0.15, 0.2) is 89.3 Å². The minimum Gasteiger partial charge on any atom is -0.480 e. The molecule has 0 saturated heterocycles. The normalized spacial score (nSPS) is 11.6. The maximum absolute atomic E-state index is 13.6. The van der Waals surface area contributed by atoms with Gasteiger partial charge in [-0.25, -0.2) is 4.79 Å². The second-order valence-electron chi connectivity index (χ2n) is 8.14. The lowest BCUT2D eigenvalue weighted by atomic mass is 10.0. The van der Waals surface area contributed by atoms with Crippen LogP contribution in [0.4, 0.5) is 5.69 Å². The van der Waals surface area contributed by atoms with Gasteiger partial charge in [0, 0.05) is 17.5 Å². The summed E-state index contributed by atoms with van der Waals surface area (Å²) in [7, 11) is 0. The number of hydrogen-bond donors (Lipinski definition) is 1. The number of carboxylic acids is 1. The molecule has 1 aromatic heterocycles. The molecule has 0 saturated carbocycles. The number of nitro benzene ring substituents is 1. The minimum absolute atomic E-state index is 0.0326. The zero-order chi connectivity index (χ0) is 26.5. The lowest BCUT2D eigenvalue weighted by Crippen LogP contribution is -2.46. The average Bonchev–Trinajstić information content (AvgIpc) is 3.35. The topological polar surface area (TPSA) is 114 Å². The summed E-state index contributed by atoms with van der Waals surface area (Å²) in [5.74, 6) is -1.39. The zero-order valence-electron chi connectivity index (χ0n) is 19.2. The SMILES string of the molecule is O=C(O)[C@H](Cc1ccccc1)N(Cc1ccc(-c2ccccc2[N+](=O)[O-])o1)C(=O)c1ccc(Cl)cc1Cl. The van der Waals surface area contributed by atoms with E-state index in [0.717, 1.165) is 10.5 Å². The van der Waals surface area contributed by atoms with Crippen LogP contribution in [0.3, 0.4) is 0 Å². The van der Waals surface area contributed by atoms with Crippen molar-refractivity contribution in [2.75, 3.05) is 0 Å². The Kier molecular flexibility index (Phi) is 7.91. The van der Waals surface area contributed by atoms with Gasteiger partial charge in [0.25, 0.3) is 11.6 Å². The maximum atomic E-state index is 13.6. The first-order chi connectivity index (χ1) is 17.7. The molecule has 1 atom stereocenters. The van der Waals surface area contributed by atoms with Gasteiger partial charge in [0.1, 0.15) is 17.6 Å². The molecule has 0 spiro atoms. The number of carboxylic acid groups (broad SMARTS) is 1. The number of halogens is 2. The van der Waals surface area contributed by atoms with Gasteiger partial charge in [0.05, 0.1) is 27.6 Å². The summed E-state index contributed by atoms with van der Waals surface area (Å²) in [5.41, 5.74) is 0.916. The molecule has 3 aromatic carbocycles. The summed E-state index contributed by atoms with van der Waals surface area (Å²) in [4.78, 5) is 38.1. The fraction of sp³-hybridized carbons (Fsp3) is 0.111. The first-order valence-electron chi connectivity index (χ1n) is 11.1. The van der Waals surface area contributed by atoms with Crippen LogP contribution >= 0.6 is 23.2 Å². The Labute approximate surface area is 221 Å². The highest BCUT2D eigenvalue weighted by atomic mass is 35.5. The highest BCUT2D eigenvalue weighted by Gasteiger charge is 2.32. The van der Waals surface area contributed by atoms with E-state index in [4.69, 9.17) is 27.6 Å². The molecule has 0 fully saturated rings. The lowest BCUT2D eigenvalue weighted by molar-refractivity contribution is -0.384. The highest BCUT2D eigenvalue weighted by molar-refractivity contribution is 6.36. The second-order valence-corrected chi connectivity index (χ2v) is 8.98. The predicted molar refractivity (Wildman–Crippen MR) is 139 cm³/mol. The van der Waals surface area contributed by atoms with Crippen molar-refractivity contribution >= 4 is 40.8 Å². The van der Waals surface area contributed by atoms with Crippen molar-refractivity contribution in [3.05, 3.63) is 122 Å². The van der Waals surface area contributed by atoms with Gasteiger partial charge in [-0.1, -0.05) is 65.7 Å². The number of nitrogens with zero attached hydrogens (tertiary/aromatic N) is 2. The van der Waals surface area contributed by atoms with E-state index in [0.29, 0.717) is 5.02 Å². The van der Waals surface area contributed by atoms with E-state index in [1.165, 1.54) is 24.3 Å². The Bertz CT molecular complexity index is 1450. The monoisotopic (exact) mass is 538 g/mol. The molecular weight excluding hydrogens is 519 g/mol. The molecule has 1 N–H and O–H groups in total. The number of rotatable bonds is 9. The summed E-state index contributed by atoms with van der Waals surface area (Å²) in [6.45, 7) is -0.220. The fourth-order valence-corrected chi connectivity index (χ4v) is 4.42. The highest BCUT2D eigenvalue weighted by Crippen LogP contribution is 2.32. The largest absolute Gasteiger partial charge is 0.480 e. The van der Waals surface area contributed by atoms with Gasteiger partial charge < -0.3 is 14.4 Å². The van der Waals surface area contributed by atoms with E-state index in [2.05, 4.69) is 0 Å². The van der Waals surface area contributed by atoms with E-state index < -0.39 is 22.8 Å². The van der Waals surface area contributed by atoms with Crippen LogP contribution < -0.4 is 0 Å². The van der Waals surface area contributed by atoms with Crippen molar-refractivity contribution in [1.29, 1.82) is 0 Å². The quantitative estimate of drug-likeness (QED) is 0.192. The number of benzene rings is 3. The first kappa shape index (κ1) is 25.9. The average molecular weight is 539 g/mol. The molecule has 1 heterocycles. The van der Waals surface area contributed by atoms with Gasteiger partial charge in [0.15, 0.2) is 0 Å². The smallest absolute Gasteiger partial charge is 0.326 e. The Morgan fingerprint density at radius 3 is 2.35 bits per heavy atom. The van der Waals surface area contributed by atoms with Gasteiger partial charge >= 0.3 is 5.97 Å². The van der Waals surface area contributed by atoms with Crippen molar-refractivity contribution in [2.45, 2.75) is 19.0 Å². The molecule has 4 rings (SSSR count). The second kappa shape index (κ2) is 11.3. The standard InChI is InChI=1S/C27H20Cl2N2O6/c28-18-10-12-20(22(29)15-18)26(32)30(24(27(33)34)14-17-6-2-1-3-7-17)16-19-11-13-25(37-19)21-8-4-5-9-23(21)31(35)36/h1-13,15,24H,14,16H2,(H,33,34)/t24-/m0/s1. The molecule has 10 heteroatoms. The third-order valence-electron chi connectivity index (χ3n) is 5.71. The maximum Gasteiger partial charge on any atom is 0.326 e. The van der Waals surface area contributed by atoms with Crippen LogP contribution in [0.25, 0.3) is 11.3 Å². The molecule has 0 aliphatic carbocycles. The number of furan rings is 1. The Morgan fingerprint density at radius 2 is 1.68 bits per heavy atom. The summed E-state index contributed by atoms with van der Waals surface area (Å²) >= 11 is 12.3. The Hall–Kier alpha value is -4.14. The number of amides is 1. The number of aliphatic carboxylic acids is 1. The van der Waals surface area contributed by atoms with E-state index >= 15 is 0 Å². The molecule has 1 amide bonds. The summed E-state index contributed by atoms with van der Waals surface area (Å²) in [5, 5.41) is 22.0. The number of carbonyl (C=O) groups excluding carboxylic acids is 1. The van der Waals surface area contributed by atoms with Gasteiger partial charge in [-0.2, -0.15) is 0 Å². The molecular formula is C27H20Cl2N2O6. The van der Waals surface area contributed by atoms with Gasteiger partial charge in [-0.15, -0.1) is 0 Å². The van der Waals surface area contributed by atoms with Gasteiger partial charge in [-0.3, -0.25) is 14.9 Å². The molecule has 4 aromatic rings. The summed E-state index contributed by atoms with van der Waals surface area (Å²) in [6.07, 6.45) is 0.0326. The lowest BCUT2D eigenvalue weighted by Gasteiger charge is -2.29. The molecule has 0 aliphatic heterocycles. The van der Waals surface area contributed by atoms with Crippen molar-refractivity contribution in [3.8, 4) is 11.3 Å². The van der Waals surface area contributed by atoms with Crippen LogP contribution in [0.2, 0.25) is 10.0 Å². The zero-order valence-corrected chi connectivity index (χ0v) is 20.7. The number of para-hydroxylation sites is 1. The van der Waals surface area contributed by atoms with E-state index in [9.17, 15) is 24.8 Å². The minimum atomic E-state index is -1.26. The van der Waals surface area contributed by atoms with Crippen LogP contribution in [-0.2, 0) is 17.8 Å². The molecule has 8 nitrogen and oxygen atoms in total. The molecule has 0 bridgehead atoms. The number of nitro groups is 1. The molecule has 188 valence electrons. The third kappa shape index (κ3) is 5.99. The summed E-state index contributed by atoms with van der Waals surface area (Å²) < 4.78 is 5.86. The third-order valence-corrected chi connectivity index (χ3v) is 6.26. The van der Waals surface area contributed by atoms with Gasteiger partial charge in [0.2, 0.25) is 0 Å².